The summed E-state index contributed by atoms with van der Waals surface area (Å²) in [4.78, 5) is 16.8. The fourth-order valence-corrected chi connectivity index (χ4v) is 4.02. The SMILES string of the molecule is CCCN1CC[C@H](CNC(=O)NC[C@@H]2CCN(c3ccc(F)cc3)C2)C1. The maximum absolute atomic E-state index is 13.0. The van der Waals surface area contributed by atoms with Crippen LogP contribution in [0.3, 0.4) is 0 Å². The molecule has 144 valence electrons. The van der Waals surface area contributed by atoms with Crippen molar-refractivity contribution in [1.29, 1.82) is 0 Å². The van der Waals surface area contributed by atoms with Gasteiger partial charge in [-0.05, 0) is 68.5 Å². The van der Waals surface area contributed by atoms with E-state index in [1.165, 1.54) is 25.0 Å². The number of rotatable bonds is 7. The summed E-state index contributed by atoms with van der Waals surface area (Å²) in [6, 6.07) is 6.58. The van der Waals surface area contributed by atoms with Crippen molar-refractivity contribution in [3.63, 3.8) is 0 Å². The van der Waals surface area contributed by atoms with Gasteiger partial charge in [0.25, 0.3) is 0 Å². The first-order valence-corrected chi connectivity index (χ1v) is 9.88. The van der Waals surface area contributed by atoms with E-state index in [-0.39, 0.29) is 11.8 Å². The molecular weight excluding hydrogens is 331 g/mol. The maximum Gasteiger partial charge on any atom is 0.314 e. The highest BCUT2D eigenvalue weighted by atomic mass is 19.1. The van der Waals surface area contributed by atoms with Gasteiger partial charge in [0.2, 0.25) is 0 Å². The molecule has 2 atom stereocenters. The van der Waals surface area contributed by atoms with Crippen molar-refractivity contribution in [2.75, 3.05) is 50.7 Å². The molecule has 2 saturated heterocycles. The van der Waals surface area contributed by atoms with Gasteiger partial charge in [-0.25, -0.2) is 9.18 Å². The van der Waals surface area contributed by atoms with Crippen molar-refractivity contribution in [3.05, 3.63) is 30.1 Å². The normalized spacial score (nSPS) is 23.4. The molecule has 0 bridgehead atoms. The van der Waals surface area contributed by atoms with Gasteiger partial charge >= 0.3 is 6.03 Å². The Morgan fingerprint density at radius 2 is 1.73 bits per heavy atom. The number of likely N-dealkylation sites (tertiary alicyclic amines) is 1. The highest BCUT2D eigenvalue weighted by Gasteiger charge is 2.24. The Morgan fingerprint density at radius 1 is 1.08 bits per heavy atom. The molecule has 3 rings (SSSR count). The second-order valence-electron chi connectivity index (χ2n) is 7.62. The van der Waals surface area contributed by atoms with E-state index in [0.29, 0.717) is 18.4 Å². The Hall–Kier alpha value is -1.82. The summed E-state index contributed by atoms with van der Waals surface area (Å²) in [7, 11) is 0. The molecule has 1 aromatic rings. The molecule has 6 heteroatoms. The Labute approximate surface area is 155 Å². The van der Waals surface area contributed by atoms with Crippen molar-refractivity contribution >= 4 is 11.7 Å². The molecule has 0 spiro atoms. The average molecular weight is 362 g/mol. The standard InChI is InChI=1S/C20H31FN4O/c1-2-9-24-10-7-16(14-24)12-22-20(26)23-13-17-8-11-25(15-17)19-5-3-18(21)4-6-19/h3-6,16-17H,2,7-15H2,1H3,(H2,22,23,26)/t16-,17+/m1/s1. The molecule has 2 aliphatic heterocycles. The lowest BCUT2D eigenvalue weighted by atomic mass is 10.1. The van der Waals surface area contributed by atoms with Crippen LogP contribution in [0.15, 0.2) is 24.3 Å². The predicted octanol–water partition coefficient (Wildman–Crippen LogP) is 2.68. The molecule has 0 aromatic heterocycles. The minimum absolute atomic E-state index is 0.0563. The van der Waals surface area contributed by atoms with Crippen molar-refractivity contribution < 1.29 is 9.18 Å². The second kappa shape index (κ2) is 9.21. The lowest BCUT2D eigenvalue weighted by molar-refractivity contribution is 0.237. The van der Waals surface area contributed by atoms with Crippen LogP contribution in [0.4, 0.5) is 14.9 Å². The van der Waals surface area contributed by atoms with Crippen molar-refractivity contribution in [3.8, 4) is 0 Å². The van der Waals surface area contributed by atoms with Crippen LogP contribution >= 0.6 is 0 Å². The summed E-state index contributed by atoms with van der Waals surface area (Å²) in [5.41, 5.74) is 1.05. The lowest BCUT2D eigenvalue weighted by Crippen LogP contribution is -2.41. The van der Waals surface area contributed by atoms with E-state index < -0.39 is 0 Å². The second-order valence-corrected chi connectivity index (χ2v) is 7.62. The van der Waals surface area contributed by atoms with Crippen LogP contribution in [0.5, 0.6) is 0 Å². The van der Waals surface area contributed by atoms with Gasteiger partial charge < -0.3 is 20.4 Å². The Balaban J connectivity index is 1.32. The third-order valence-corrected chi connectivity index (χ3v) is 5.49. The number of nitrogens with one attached hydrogen (secondary N) is 2. The van der Waals surface area contributed by atoms with E-state index in [2.05, 4.69) is 27.4 Å². The minimum atomic E-state index is -0.206. The first-order valence-electron chi connectivity index (χ1n) is 9.88. The molecule has 2 heterocycles. The number of nitrogens with zero attached hydrogens (tertiary/aromatic N) is 2. The molecule has 2 N–H and O–H groups in total. The van der Waals surface area contributed by atoms with Crippen LogP contribution in [0.25, 0.3) is 0 Å². The molecule has 2 fully saturated rings. The van der Waals surface area contributed by atoms with Gasteiger partial charge in [0.15, 0.2) is 0 Å². The Bertz CT molecular complexity index is 580. The number of amides is 2. The lowest BCUT2D eigenvalue weighted by Gasteiger charge is -2.19. The first kappa shape index (κ1) is 19.0. The van der Waals surface area contributed by atoms with Crippen LogP contribution in [0.2, 0.25) is 0 Å². The van der Waals surface area contributed by atoms with E-state index in [1.54, 1.807) is 0 Å². The van der Waals surface area contributed by atoms with E-state index >= 15 is 0 Å². The zero-order valence-corrected chi connectivity index (χ0v) is 15.7. The van der Waals surface area contributed by atoms with Gasteiger partial charge in [-0.3, -0.25) is 0 Å². The zero-order valence-electron chi connectivity index (χ0n) is 15.7. The number of hydrogen-bond donors (Lipinski definition) is 2. The average Bonchev–Trinajstić information content (AvgIpc) is 3.29. The molecule has 1 aromatic carbocycles. The molecule has 0 radical (unpaired) electrons. The molecule has 0 unspecified atom stereocenters. The van der Waals surface area contributed by atoms with E-state index in [0.717, 1.165) is 51.4 Å². The highest BCUT2D eigenvalue weighted by Crippen LogP contribution is 2.23. The summed E-state index contributed by atoms with van der Waals surface area (Å²) in [6.07, 6.45) is 3.42. The number of anilines is 1. The summed E-state index contributed by atoms with van der Waals surface area (Å²) >= 11 is 0. The summed E-state index contributed by atoms with van der Waals surface area (Å²) in [6.45, 7) is 8.94. The number of carbonyl (C=O) groups excluding carboxylic acids is 1. The predicted molar refractivity (Wildman–Crippen MR) is 103 cm³/mol. The fourth-order valence-electron chi connectivity index (χ4n) is 4.02. The largest absolute Gasteiger partial charge is 0.371 e. The number of halogens is 1. The van der Waals surface area contributed by atoms with Gasteiger partial charge in [0, 0.05) is 38.4 Å². The zero-order chi connectivity index (χ0) is 18.4. The molecule has 2 amide bonds. The van der Waals surface area contributed by atoms with Gasteiger partial charge in [-0.15, -0.1) is 0 Å². The third kappa shape index (κ3) is 5.34. The summed E-state index contributed by atoms with van der Waals surface area (Å²) in [5, 5.41) is 6.04. The molecule has 5 nitrogen and oxygen atoms in total. The van der Waals surface area contributed by atoms with Gasteiger partial charge in [0.05, 0.1) is 0 Å². The molecule has 26 heavy (non-hydrogen) atoms. The quantitative estimate of drug-likeness (QED) is 0.784. The molecule has 2 aliphatic rings. The topological polar surface area (TPSA) is 47.6 Å². The summed E-state index contributed by atoms with van der Waals surface area (Å²) in [5.74, 6) is 0.813. The van der Waals surface area contributed by atoms with Crippen molar-refractivity contribution in [1.82, 2.24) is 15.5 Å². The number of urea groups is 1. The van der Waals surface area contributed by atoms with E-state index in [1.807, 2.05) is 12.1 Å². The Kier molecular flexibility index (Phi) is 6.72. The molecule has 0 saturated carbocycles. The molecule has 0 aliphatic carbocycles. The van der Waals surface area contributed by atoms with Gasteiger partial charge in [0.1, 0.15) is 5.82 Å². The van der Waals surface area contributed by atoms with Crippen LogP contribution in [-0.4, -0.2) is 56.7 Å². The Morgan fingerprint density at radius 3 is 2.42 bits per heavy atom. The fraction of sp³-hybridized carbons (Fsp3) is 0.650. The monoisotopic (exact) mass is 362 g/mol. The molecular formula is C20H31FN4O. The smallest absolute Gasteiger partial charge is 0.314 e. The van der Waals surface area contributed by atoms with E-state index in [9.17, 15) is 9.18 Å². The summed E-state index contributed by atoms with van der Waals surface area (Å²) < 4.78 is 13.0. The van der Waals surface area contributed by atoms with Crippen LogP contribution < -0.4 is 15.5 Å². The number of hydrogen-bond acceptors (Lipinski definition) is 3. The number of benzene rings is 1. The highest BCUT2D eigenvalue weighted by molar-refractivity contribution is 5.73. The minimum Gasteiger partial charge on any atom is -0.371 e. The van der Waals surface area contributed by atoms with E-state index in [4.69, 9.17) is 0 Å². The van der Waals surface area contributed by atoms with Crippen LogP contribution in [0, 0.1) is 17.7 Å². The van der Waals surface area contributed by atoms with Gasteiger partial charge in [-0.1, -0.05) is 6.92 Å². The van der Waals surface area contributed by atoms with Crippen molar-refractivity contribution in [2.24, 2.45) is 11.8 Å². The third-order valence-electron chi connectivity index (χ3n) is 5.49. The van der Waals surface area contributed by atoms with Crippen LogP contribution in [-0.2, 0) is 0 Å². The van der Waals surface area contributed by atoms with Crippen molar-refractivity contribution in [2.45, 2.75) is 26.2 Å². The maximum atomic E-state index is 13.0. The first-order chi connectivity index (χ1) is 12.6. The van der Waals surface area contributed by atoms with Crippen LogP contribution in [0.1, 0.15) is 26.2 Å². The number of carbonyl (C=O) groups is 1. The van der Waals surface area contributed by atoms with Gasteiger partial charge in [-0.2, -0.15) is 0 Å².